The molecule has 0 spiro atoms. The van der Waals surface area contributed by atoms with Crippen LogP contribution in [0.1, 0.15) is 22.8 Å². The number of hydrogen-bond donors (Lipinski definition) is 1. The maximum Gasteiger partial charge on any atom is 0.119 e. The average Bonchev–Trinajstić information content (AvgIpc) is 2.81. The summed E-state index contributed by atoms with van der Waals surface area (Å²) in [6.07, 6.45) is -0.544. The molecule has 2 rings (SSSR count). The lowest BCUT2D eigenvalue weighted by molar-refractivity contribution is 0.220. The Balaban J connectivity index is 2.34. The Morgan fingerprint density at radius 2 is 2.12 bits per heavy atom. The molecule has 3 heteroatoms. The molecule has 2 aromatic rings. The van der Waals surface area contributed by atoms with Crippen molar-refractivity contribution in [2.24, 2.45) is 0 Å². The van der Waals surface area contributed by atoms with Crippen molar-refractivity contribution >= 4 is 11.3 Å². The average molecular weight is 234 g/mol. The van der Waals surface area contributed by atoms with Crippen molar-refractivity contribution in [2.45, 2.75) is 13.0 Å². The van der Waals surface area contributed by atoms with Gasteiger partial charge in [0, 0.05) is 0 Å². The van der Waals surface area contributed by atoms with Gasteiger partial charge in [-0.05, 0) is 52.6 Å². The number of rotatable bonds is 3. The van der Waals surface area contributed by atoms with Crippen molar-refractivity contribution in [3.05, 3.63) is 51.7 Å². The molecule has 0 bridgehead atoms. The third kappa shape index (κ3) is 2.10. The third-order valence-corrected chi connectivity index (χ3v) is 3.33. The fraction of sp³-hybridized carbons (Fsp3) is 0.231. The molecule has 0 saturated heterocycles. The van der Waals surface area contributed by atoms with Gasteiger partial charge < -0.3 is 9.84 Å². The van der Waals surface area contributed by atoms with Gasteiger partial charge in [-0.15, -0.1) is 0 Å². The van der Waals surface area contributed by atoms with Crippen LogP contribution in [-0.4, -0.2) is 12.2 Å². The highest BCUT2D eigenvalue weighted by Gasteiger charge is 2.13. The zero-order valence-corrected chi connectivity index (χ0v) is 10.1. The Morgan fingerprint density at radius 1 is 1.31 bits per heavy atom. The quantitative estimate of drug-likeness (QED) is 0.884. The van der Waals surface area contributed by atoms with E-state index in [1.54, 1.807) is 18.4 Å². The van der Waals surface area contributed by atoms with Gasteiger partial charge in [0.05, 0.1) is 7.11 Å². The predicted molar refractivity (Wildman–Crippen MR) is 66.1 cm³/mol. The third-order valence-electron chi connectivity index (χ3n) is 2.63. The van der Waals surface area contributed by atoms with E-state index >= 15 is 0 Å². The molecule has 2 nitrogen and oxygen atoms in total. The van der Waals surface area contributed by atoms with Crippen LogP contribution in [0.2, 0.25) is 0 Å². The fourth-order valence-corrected chi connectivity index (χ4v) is 2.37. The minimum atomic E-state index is -0.544. The summed E-state index contributed by atoms with van der Waals surface area (Å²) in [7, 11) is 1.64. The van der Waals surface area contributed by atoms with E-state index in [2.05, 4.69) is 0 Å². The van der Waals surface area contributed by atoms with Crippen LogP contribution < -0.4 is 4.74 Å². The molecule has 0 aliphatic heterocycles. The van der Waals surface area contributed by atoms with Crippen molar-refractivity contribution in [1.29, 1.82) is 0 Å². The number of methoxy groups -OCH3 is 1. The first-order valence-electron chi connectivity index (χ1n) is 5.07. The molecule has 1 aromatic carbocycles. The summed E-state index contributed by atoms with van der Waals surface area (Å²) in [6.45, 7) is 1.98. The molecule has 0 fully saturated rings. The van der Waals surface area contributed by atoms with Crippen LogP contribution in [0, 0.1) is 6.92 Å². The predicted octanol–water partition coefficient (Wildman–Crippen LogP) is 3.15. The molecule has 1 atom stereocenters. The minimum absolute atomic E-state index is 0.544. The second-order valence-electron chi connectivity index (χ2n) is 3.68. The van der Waals surface area contributed by atoms with Crippen LogP contribution in [0.3, 0.4) is 0 Å². The van der Waals surface area contributed by atoms with E-state index in [9.17, 15) is 5.11 Å². The van der Waals surface area contributed by atoms with Gasteiger partial charge in [0.2, 0.25) is 0 Å². The van der Waals surface area contributed by atoms with E-state index < -0.39 is 6.10 Å². The van der Waals surface area contributed by atoms with Gasteiger partial charge in [-0.1, -0.05) is 6.07 Å². The van der Waals surface area contributed by atoms with Gasteiger partial charge in [0.25, 0.3) is 0 Å². The smallest absolute Gasteiger partial charge is 0.119 e. The highest BCUT2D eigenvalue weighted by atomic mass is 32.1. The Labute approximate surface area is 99.1 Å². The van der Waals surface area contributed by atoms with E-state index in [0.717, 1.165) is 22.4 Å². The van der Waals surface area contributed by atoms with Crippen LogP contribution in [0.4, 0.5) is 0 Å². The lowest BCUT2D eigenvalue weighted by Crippen LogP contribution is -2.00. The number of aliphatic hydroxyl groups is 1. The number of benzene rings is 1. The molecule has 16 heavy (non-hydrogen) atoms. The van der Waals surface area contributed by atoms with Crippen molar-refractivity contribution in [2.75, 3.05) is 7.11 Å². The van der Waals surface area contributed by atoms with Crippen molar-refractivity contribution < 1.29 is 9.84 Å². The fourth-order valence-electron chi connectivity index (χ4n) is 1.69. The number of ether oxygens (including phenoxy) is 1. The SMILES string of the molecule is COc1ccc([C@@H](O)c2ccsc2)c(C)c1. The molecule has 0 aliphatic rings. The highest BCUT2D eigenvalue weighted by Crippen LogP contribution is 2.28. The Kier molecular flexibility index (Phi) is 3.27. The molecule has 0 aliphatic carbocycles. The molecule has 0 radical (unpaired) electrons. The second kappa shape index (κ2) is 4.68. The first-order valence-corrected chi connectivity index (χ1v) is 6.01. The number of hydrogen-bond acceptors (Lipinski definition) is 3. The van der Waals surface area contributed by atoms with Crippen molar-refractivity contribution in [1.82, 2.24) is 0 Å². The summed E-state index contributed by atoms with van der Waals surface area (Å²) in [4.78, 5) is 0. The summed E-state index contributed by atoms with van der Waals surface area (Å²) in [5.74, 6) is 0.818. The van der Waals surface area contributed by atoms with Crippen LogP contribution in [0.15, 0.2) is 35.0 Å². The highest BCUT2D eigenvalue weighted by molar-refractivity contribution is 7.07. The summed E-state index contributed by atoms with van der Waals surface area (Å²) in [6, 6.07) is 7.67. The lowest BCUT2D eigenvalue weighted by atomic mass is 9.99. The normalized spacial score (nSPS) is 12.4. The number of aryl methyl sites for hydroxylation is 1. The van der Waals surface area contributed by atoms with Crippen molar-refractivity contribution in [3.63, 3.8) is 0 Å². The monoisotopic (exact) mass is 234 g/mol. The molecule has 0 amide bonds. The van der Waals surface area contributed by atoms with E-state index in [0.29, 0.717) is 0 Å². The van der Waals surface area contributed by atoms with E-state index in [1.165, 1.54) is 0 Å². The summed E-state index contributed by atoms with van der Waals surface area (Å²) in [5, 5.41) is 14.1. The van der Waals surface area contributed by atoms with Crippen LogP contribution in [-0.2, 0) is 0 Å². The lowest BCUT2D eigenvalue weighted by Gasteiger charge is -2.13. The van der Waals surface area contributed by atoms with Gasteiger partial charge in [0.1, 0.15) is 11.9 Å². The molecule has 0 unspecified atom stereocenters. The molecule has 1 aromatic heterocycles. The van der Waals surface area contributed by atoms with Gasteiger partial charge in [-0.3, -0.25) is 0 Å². The summed E-state index contributed by atoms with van der Waals surface area (Å²) in [5.41, 5.74) is 2.91. The van der Waals surface area contributed by atoms with Crippen LogP contribution in [0.25, 0.3) is 0 Å². The Bertz CT molecular complexity index is 463. The van der Waals surface area contributed by atoms with E-state index in [-0.39, 0.29) is 0 Å². The Morgan fingerprint density at radius 3 is 2.69 bits per heavy atom. The molecule has 1 heterocycles. The molecular weight excluding hydrogens is 220 g/mol. The maximum atomic E-state index is 10.2. The van der Waals surface area contributed by atoms with E-state index in [1.807, 2.05) is 41.9 Å². The largest absolute Gasteiger partial charge is 0.497 e. The molecule has 84 valence electrons. The van der Waals surface area contributed by atoms with Crippen LogP contribution >= 0.6 is 11.3 Å². The first kappa shape index (κ1) is 11.2. The van der Waals surface area contributed by atoms with Gasteiger partial charge in [-0.2, -0.15) is 11.3 Å². The van der Waals surface area contributed by atoms with E-state index in [4.69, 9.17) is 4.74 Å². The van der Waals surface area contributed by atoms with Gasteiger partial charge in [0.15, 0.2) is 0 Å². The number of thiophene rings is 1. The first-order chi connectivity index (χ1) is 7.72. The standard InChI is InChI=1S/C13H14O2S/c1-9-7-11(15-2)3-4-12(9)13(14)10-5-6-16-8-10/h3-8,13-14H,1-2H3/t13-/m0/s1. The summed E-state index contributed by atoms with van der Waals surface area (Å²) >= 11 is 1.59. The topological polar surface area (TPSA) is 29.5 Å². The number of aliphatic hydroxyl groups excluding tert-OH is 1. The zero-order valence-electron chi connectivity index (χ0n) is 9.31. The zero-order chi connectivity index (χ0) is 11.5. The van der Waals surface area contributed by atoms with Crippen molar-refractivity contribution in [3.8, 4) is 5.75 Å². The molecule has 0 saturated carbocycles. The minimum Gasteiger partial charge on any atom is -0.497 e. The summed E-state index contributed by atoms with van der Waals surface area (Å²) < 4.78 is 5.14. The second-order valence-corrected chi connectivity index (χ2v) is 4.46. The molecular formula is C13H14O2S. The maximum absolute atomic E-state index is 10.2. The Hall–Kier alpha value is -1.32. The van der Waals surface area contributed by atoms with Gasteiger partial charge >= 0.3 is 0 Å². The molecule has 1 N–H and O–H groups in total. The van der Waals surface area contributed by atoms with Gasteiger partial charge in [-0.25, -0.2) is 0 Å². The van der Waals surface area contributed by atoms with Crippen LogP contribution in [0.5, 0.6) is 5.75 Å².